The van der Waals surface area contributed by atoms with Crippen LogP contribution >= 0.6 is 0 Å². The van der Waals surface area contributed by atoms with Crippen molar-refractivity contribution in [1.29, 1.82) is 0 Å². The lowest BCUT2D eigenvalue weighted by molar-refractivity contribution is -0.145. The highest BCUT2D eigenvalue weighted by Crippen LogP contribution is 2.39. The number of nitrogens with zero attached hydrogens (tertiary/aromatic N) is 1. The number of hydrogen-bond donors (Lipinski definition) is 0. The van der Waals surface area contributed by atoms with Crippen LogP contribution in [0.4, 0.5) is 0 Å². The van der Waals surface area contributed by atoms with Crippen molar-refractivity contribution in [2.24, 2.45) is 0 Å². The molecule has 1 aromatic carbocycles. The predicted molar refractivity (Wildman–Crippen MR) is 85.8 cm³/mol. The number of fused-ring (bicyclic) bond motifs is 1. The SMILES string of the molecule is COC(=O)C1(C(=O)c2cccc(S(C)=O)c2)CCn2cccc21. The van der Waals surface area contributed by atoms with Crippen molar-refractivity contribution in [2.75, 3.05) is 13.4 Å². The molecule has 2 atom stereocenters. The van der Waals surface area contributed by atoms with E-state index >= 15 is 0 Å². The Balaban J connectivity index is 2.13. The van der Waals surface area contributed by atoms with E-state index in [0.29, 0.717) is 29.1 Å². The van der Waals surface area contributed by atoms with Gasteiger partial charge in [0, 0.05) is 45.9 Å². The molecule has 0 saturated heterocycles. The van der Waals surface area contributed by atoms with E-state index in [9.17, 15) is 13.8 Å². The summed E-state index contributed by atoms with van der Waals surface area (Å²) in [7, 11) is 0.0979. The minimum atomic E-state index is -1.33. The first-order valence-corrected chi connectivity index (χ1v) is 8.79. The van der Waals surface area contributed by atoms with Crippen LogP contribution in [0.15, 0.2) is 47.5 Å². The molecule has 2 heterocycles. The molecule has 0 N–H and O–H groups in total. The molecule has 5 nitrogen and oxygen atoms in total. The lowest BCUT2D eigenvalue weighted by Gasteiger charge is -2.24. The maximum Gasteiger partial charge on any atom is 0.325 e. The molecule has 0 bridgehead atoms. The van der Waals surface area contributed by atoms with E-state index in [0.717, 1.165) is 0 Å². The molecule has 0 radical (unpaired) electrons. The molecule has 1 aliphatic heterocycles. The lowest BCUT2D eigenvalue weighted by atomic mass is 9.76. The number of aryl methyl sites for hydroxylation is 1. The number of ether oxygens (including phenoxy) is 1. The fraction of sp³-hybridized carbons (Fsp3) is 0.294. The van der Waals surface area contributed by atoms with Crippen LogP contribution in [0.5, 0.6) is 0 Å². The smallest absolute Gasteiger partial charge is 0.325 e. The summed E-state index contributed by atoms with van der Waals surface area (Å²) in [6.45, 7) is 0.586. The summed E-state index contributed by atoms with van der Waals surface area (Å²) < 4.78 is 18.5. The molecular weight excluding hydrogens is 314 g/mol. The molecule has 6 heteroatoms. The number of ketones is 1. The number of carbonyl (C=O) groups excluding carboxylic acids is 2. The normalized spacial score (nSPS) is 20.8. The summed E-state index contributed by atoms with van der Waals surface area (Å²) in [6.07, 6.45) is 3.78. The first-order chi connectivity index (χ1) is 11.0. The van der Waals surface area contributed by atoms with Crippen LogP contribution in [0.1, 0.15) is 22.5 Å². The zero-order valence-corrected chi connectivity index (χ0v) is 13.8. The quantitative estimate of drug-likeness (QED) is 0.488. The van der Waals surface area contributed by atoms with Crippen molar-refractivity contribution in [3.63, 3.8) is 0 Å². The molecule has 0 spiro atoms. The fourth-order valence-corrected chi connectivity index (χ4v) is 3.74. The molecule has 0 saturated carbocycles. The molecule has 1 aliphatic rings. The number of hydrogen-bond acceptors (Lipinski definition) is 4. The molecule has 2 aromatic rings. The Morgan fingerprint density at radius 2 is 2.04 bits per heavy atom. The van der Waals surface area contributed by atoms with Crippen molar-refractivity contribution in [3.05, 3.63) is 53.9 Å². The van der Waals surface area contributed by atoms with E-state index in [4.69, 9.17) is 4.74 Å². The van der Waals surface area contributed by atoms with E-state index in [1.165, 1.54) is 7.11 Å². The summed E-state index contributed by atoms with van der Waals surface area (Å²) >= 11 is 0. The Kier molecular flexibility index (Phi) is 3.93. The average Bonchev–Trinajstić information content (AvgIpc) is 3.16. The van der Waals surface area contributed by atoms with Crippen molar-refractivity contribution in [3.8, 4) is 0 Å². The highest BCUT2D eigenvalue weighted by Gasteiger charge is 2.53. The Bertz CT molecular complexity index is 810. The lowest BCUT2D eigenvalue weighted by Crippen LogP contribution is -2.43. The highest BCUT2D eigenvalue weighted by molar-refractivity contribution is 7.84. The van der Waals surface area contributed by atoms with Gasteiger partial charge < -0.3 is 9.30 Å². The molecule has 1 aromatic heterocycles. The van der Waals surface area contributed by atoms with Gasteiger partial charge in [-0.1, -0.05) is 12.1 Å². The first kappa shape index (κ1) is 15.7. The number of rotatable bonds is 4. The van der Waals surface area contributed by atoms with Gasteiger partial charge in [-0.25, -0.2) is 0 Å². The molecule has 0 aliphatic carbocycles. The van der Waals surface area contributed by atoms with E-state index in [1.54, 1.807) is 36.6 Å². The van der Waals surface area contributed by atoms with Gasteiger partial charge in [0.1, 0.15) is 0 Å². The largest absolute Gasteiger partial charge is 0.468 e. The third-order valence-electron chi connectivity index (χ3n) is 4.34. The molecule has 0 fully saturated rings. The summed E-state index contributed by atoms with van der Waals surface area (Å²) in [5.74, 6) is -0.864. The maximum atomic E-state index is 13.2. The Hall–Kier alpha value is -2.21. The van der Waals surface area contributed by atoms with E-state index < -0.39 is 22.2 Å². The van der Waals surface area contributed by atoms with Gasteiger partial charge in [0.2, 0.25) is 0 Å². The van der Waals surface area contributed by atoms with Crippen LogP contribution in [-0.2, 0) is 32.3 Å². The summed E-state index contributed by atoms with van der Waals surface area (Å²) in [5.41, 5.74) is -0.304. The maximum absolute atomic E-state index is 13.2. The molecular formula is C17H17NO4S. The molecule has 2 unspecified atom stereocenters. The van der Waals surface area contributed by atoms with Gasteiger partial charge in [-0.2, -0.15) is 0 Å². The topological polar surface area (TPSA) is 65.4 Å². The van der Waals surface area contributed by atoms with Gasteiger partial charge in [0.25, 0.3) is 0 Å². The van der Waals surface area contributed by atoms with Crippen LogP contribution in [0.2, 0.25) is 0 Å². The predicted octanol–water partition coefficient (Wildman–Crippen LogP) is 1.92. The third-order valence-corrected chi connectivity index (χ3v) is 5.26. The fourth-order valence-electron chi connectivity index (χ4n) is 3.18. The van der Waals surface area contributed by atoms with Gasteiger partial charge >= 0.3 is 5.97 Å². The van der Waals surface area contributed by atoms with E-state index in [1.807, 2.05) is 16.8 Å². The Labute approximate surface area is 136 Å². The van der Waals surface area contributed by atoms with Crippen LogP contribution in [0.25, 0.3) is 0 Å². The van der Waals surface area contributed by atoms with Gasteiger partial charge in [-0.15, -0.1) is 0 Å². The van der Waals surface area contributed by atoms with Gasteiger partial charge in [-0.3, -0.25) is 13.8 Å². The number of Topliss-reactive ketones (excluding diaryl/α,β-unsaturated/α-hetero) is 1. The molecule has 0 amide bonds. The first-order valence-electron chi connectivity index (χ1n) is 7.23. The molecule has 23 heavy (non-hydrogen) atoms. The standard InChI is InChI=1S/C17H17NO4S/c1-22-16(20)17(8-10-18-9-4-7-14(17)18)15(19)12-5-3-6-13(11-12)23(2)21/h3-7,9,11H,8,10H2,1-2H3. The Morgan fingerprint density at radius 1 is 1.26 bits per heavy atom. The second kappa shape index (κ2) is 5.77. The average molecular weight is 331 g/mol. The van der Waals surface area contributed by atoms with Gasteiger partial charge in [-0.05, 0) is 30.7 Å². The van der Waals surface area contributed by atoms with Gasteiger partial charge in [0.15, 0.2) is 11.2 Å². The van der Waals surface area contributed by atoms with E-state index in [-0.39, 0.29) is 5.78 Å². The summed E-state index contributed by atoms with van der Waals surface area (Å²) in [4.78, 5) is 26.3. The van der Waals surface area contributed by atoms with Crippen LogP contribution in [0, 0.1) is 0 Å². The second-order valence-electron chi connectivity index (χ2n) is 5.54. The number of esters is 1. The van der Waals surface area contributed by atoms with Gasteiger partial charge in [0.05, 0.1) is 7.11 Å². The summed E-state index contributed by atoms with van der Waals surface area (Å²) in [5, 5.41) is 0. The molecule has 120 valence electrons. The minimum Gasteiger partial charge on any atom is -0.468 e. The van der Waals surface area contributed by atoms with Crippen molar-refractivity contribution < 1.29 is 18.5 Å². The third kappa shape index (κ3) is 2.34. The van der Waals surface area contributed by atoms with Crippen molar-refractivity contribution in [2.45, 2.75) is 23.3 Å². The van der Waals surface area contributed by atoms with Crippen molar-refractivity contribution >= 4 is 22.6 Å². The second-order valence-corrected chi connectivity index (χ2v) is 6.92. The number of aromatic nitrogens is 1. The minimum absolute atomic E-state index is 0.311. The monoisotopic (exact) mass is 331 g/mol. The van der Waals surface area contributed by atoms with Crippen LogP contribution in [-0.4, -0.2) is 33.9 Å². The summed E-state index contributed by atoms with van der Waals surface area (Å²) in [6, 6.07) is 10.2. The number of carbonyl (C=O) groups is 2. The zero-order chi connectivity index (χ0) is 16.6. The van der Waals surface area contributed by atoms with Crippen LogP contribution < -0.4 is 0 Å². The number of benzene rings is 1. The highest BCUT2D eigenvalue weighted by atomic mass is 32.2. The molecule has 3 rings (SSSR count). The van der Waals surface area contributed by atoms with Crippen LogP contribution in [0.3, 0.4) is 0 Å². The zero-order valence-electron chi connectivity index (χ0n) is 12.9. The Morgan fingerprint density at radius 3 is 2.74 bits per heavy atom. The number of methoxy groups -OCH3 is 1. The van der Waals surface area contributed by atoms with E-state index in [2.05, 4.69) is 0 Å². The van der Waals surface area contributed by atoms with Crippen molar-refractivity contribution in [1.82, 2.24) is 4.57 Å².